The van der Waals surface area contributed by atoms with Gasteiger partial charge in [0, 0.05) is 53.4 Å². The summed E-state index contributed by atoms with van der Waals surface area (Å²) in [6, 6.07) is 10.3. The Morgan fingerprint density at radius 3 is 2.14 bits per heavy atom. The molecule has 0 atom stereocenters. The fourth-order valence-electron chi connectivity index (χ4n) is 6.51. The first-order valence-electron chi connectivity index (χ1n) is 15.1. The molecule has 0 unspecified atom stereocenters. The maximum Gasteiger partial charge on any atom is 0.335 e. The summed E-state index contributed by atoms with van der Waals surface area (Å²) >= 11 is 0. The Labute approximate surface area is 256 Å². The second-order valence-corrected chi connectivity index (χ2v) is 11.2. The van der Waals surface area contributed by atoms with E-state index in [1.165, 1.54) is 12.1 Å². The Kier molecular flexibility index (Phi) is 9.32. The predicted molar refractivity (Wildman–Crippen MR) is 163 cm³/mol. The van der Waals surface area contributed by atoms with Crippen molar-refractivity contribution in [1.82, 2.24) is 4.90 Å². The van der Waals surface area contributed by atoms with Gasteiger partial charge in [-0.05, 0) is 68.4 Å². The van der Waals surface area contributed by atoms with E-state index in [1.807, 2.05) is 24.0 Å². The topological polar surface area (TPSA) is 130 Å². The molecule has 2 aromatic carbocycles. The fourth-order valence-corrected chi connectivity index (χ4v) is 6.51. The molecule has 3 aliphatic rings. The number of Topliss-reactive ketones (excluding diaryl/α,β-unsaturated/α-hetero) is 2. The van der Waals surface area contributed by atoms with Crippen LogP contribution in [-0.4, -0.2) is 51.8 Å². The van der Waals surface area contributed by atoms with Crippen LogP contribution in [0, 0.1) is 0 Å². The molecule has 0 fully saturated rings. The highest BCUT2D eigenvalue weighted by atomic mass is 16.5. The number of carbonyl (C=O) groups is 4. The molecule has 0 spiro atoms. The van der Waals surface area contributed by atoms with Crippen molar-refractivity contribution in [2.45, 2.75) is 70.8 Å². The van der Waals surface area contributed by atoms with Crippen molar-refractivity contribution in [2.24, 2.45) is 0 Å². The molecule has 0 saturated carbocycles. The summed E-state index contributed by atoms with van der Waals surface area (Å²) < 4.78 is 12.4. The number of aliphatic carboxylic acids is 1. The summed E-state index contributed by atoms with van der Waals surface area (Å²) in [5.74, 6) is -1.55. The normalized spacial score (nSPS) is 16.9. The number of aromatic carboxylic acids is 1. The van der Waals surface area contributed by atoms with Crippen molar-refractivity contribution in [3.63, 3.8) is 0 Å². The van der Waals surface area contributed by atoms with Gasteiger partial charge in [-0.25, -0.2) is 4.79 Å². The van der Waals surface area contributed by atoms with Crippen LogP contribution in [0.25, 0.3) is 0 Å². The van der Waals surface area contributed by atoms with Crippen LogP contribution in [0.4, 0.5) is 0 Å². The monoisotopic (exact) mass is 599 g/mol. The zero-order valence-corrected chi connectivity index (χ0v) is 24.9. The number of allylic oxidation sites excluding steroid dienone is 5. The molecule has 230 valence electrons. The van der Waals surface area contributed by atoms with Crippen LogP contribution in [0.2, 0.25) is 0 Å². The lowest BCUT2D eigenvalue weighted by atomic mass is 9.70. The first-order chi connectivity index (χ1) is 21.2. The Bertz CT molecular complexity index is 1520. The van der Waals surface area contributed by atoms with Crippen LogP contribution in [0.3, 0.4) is 0 Å². The highest BCUT2D eigenvalue weighted by Gasteiger charge is 2.43. The Hall–Kier alpha value is -4.66. The van der Waals surface area contributed by atoms with Gasteiger partial charge < -0.3 is 24.6 Å². The zero-order valence-electron chi connectivity index (χ0n) is 24.9. The molecule has 9 heteroatoms. The smallest absolute Gasteiger partial charge is 0.335 e. The van der Waals surface area contributed by atoms with Gasteiger partial charge in [0.1, 0.15) is 6.61 Å². The van der Waals surface area contributed by atoms with Gasteiger partial charge in [0.15, 0.2) is 23.1 Å². The Balaban J connectivity index is 1.62. The van der Waals surface area contributed by atoms with Crippen molar-refractivity contribution >= 4 is 23.5 Å². The summed E-state index contributed by atoms with van der Waals surface area (Å²) in [6.45, 7) is 6.54. The van der Waals surface area contributed by atoms with E-state index in [-0.39, 0.29) is 36.7 Å². The van der Waals surface area contributed by atoms with Crippen molar-refractivity contribution in [2.75, 3.05) is 13.2 Å². The third-order valence-electron chi connectivity index (χ3n) is 8.37. The van der Waals surface area contributed by atoms with E-state index in [0.717, 1.165) is 28.1 Å². The number of carboxylic acids is 2. The molecule has 1 aliphatic heterocycles. The van der Waals surface area contributed by atoms with Crippen LogP contribution in [-0.2, 0) is 27.4 Å². The van der Waals surface area contributed by atoms with Gasteiger partial charge >= 0.3 is 11.9 Å². The summed E-state index contributed by atoms with van der Waals surface area (Å²) in [7, 11) is 0. The lowest BCUT2D eigenvalue weighted by Crippen LogP contribution is -2.40. The predicted octanol–water partition coefficient (Wildman–Crippen LogP) is 5.98. The number of benzene rings is 2. The second kappa shape index (κ2) is 13.3. The number of hydrogen-bond donors (Lipinski definition) is 2. The molecule has 2 aliphatic carbocycles. The quantitative estimate of drug-likeness (QED) is 0.283. The van der Waals surface area contributed by atoms with Gasteiger partial charge in [-0.2, -0.15) is 0 Å². The van der Waals surface area contributed by atoms with Gasteiger partial charge in [-0.1, -0.05) is 24.3 Å². The van der Waals surface area contributed by atoms with Crippen LogP contribution in [0.1, 0.15) is 84.8 Å². The summed E-state index contributed by atoms with van der Waals surface area (Å²) in [6.07, 6.45) is 5.49. The summed E-state index contributed by atoms with van der Waals surface area (Å²) in [5.41, 5.74) is 5.32. The molecule has 0 saturated heterocycles. The third-order valence-corrected chi connectivity index (χ3v) is 8.37. The Morgan fingerprint density at radius 1 is 0.955 bits per heavy atom. The van der Waals surface area contributed by atoms with E-state index >= 15 is 0 Å². The highest BCUT2D eigenvalue weighted by Crippen LogP contribution is 2.50. The number of carbonyl (C=O) groups excluding carboxylic acids is 2. The molecule has 5 rings (SSSR count). The van der Waals surface area contributed by atoms with E-state index in [1.54, 1.807) is 18.2 Å². The van der Waals surface area contributed by atoms with Gasteiger partial charge in [-0.3, -0.25) is 14.4 Å². The van der Waals surface area contributed by atoms with Gasteiger partial charge in [-0.15, -0.1) is 6.58 Å². The molecule has 44 heavy (non-hydrogen) atoms. The zero-order chi connectivity index (χ0) is 31.4. The minimum atomic E-state index is -1.00. The number of ether oxygens (including phenoxy) is 2. The number of nitrogens with zero attached hydrogens (tertiary/aromatic N) is 1. The maximum atomic E-state index is 13.6. The lowest BCUT2D eigenvalue weighted by Gasteiger charge is -2.44. The van der Waals surface area contributed by atoms with E-state index < -0.39 is 17.9 Å². The standard InChI is InChI=1S/C35H37NO8/c1-3-7-23-18-24(19-29(43-4-2)34(23)44-20-21-12-14-22(15-13-21)35(41)42)31-32-25(8-5-10-27(32)37)36(17-16-30(39)40)26-9-6-11-28(38)33(26)31/h3,12-15,18-19,31H,1,4-11,16-17,20H2,2H3,(H,39,40)(H,41,42). The minimum absolute atomic E-state index is 0.0186. The van der Waals surface area contributed by atoms with E-state index in [4.69, 9.17) is 9.47 Å². The summed E-state index contributed by atoms with van der Waals surface area (Å²) in [4.78, 5) is 52.0. The van der Waals surface area contributed by atoms with Crippen molar-refractivity contribution in [3.8, 4) is 11.5 Å². The number of carboxylic acid groups (broad SMARTS) is 2. The molecule has 9 nitrogen and oxygen atoms in total. The average molecular weight is 600 g/mol. The highest BCUT2D eigenvalue weighted by molar-refractivity contribution is 6.06. The van der Waals surface area contributed by atoms with Gasteiger partial charge in [0.25, 0.3) is 0 Å². The number of ketones is 2. The molecule has 0 radical (unpaired) electrons. The van der Waals surface area contributed by atoms with Gasteiger partial charge in [0.05, 0.1) is 18.6 Å². The molecule has 2 N–H and O–H groups in total. The van der Waals surface area contributed by atoms with Crippen LogP contribution in [0.5, 0.6) is 11.5 Å². The van der Waals surface area contributed by atoms with Crippen LogP contribution >= 0.6 is 0 Å². The lowest BCUT2D eigenvalue weighted by molar-refractivity contribution is -0.137. The van der Waals surface area contributed by atoms with E-state index in [2.05, 4.69) is 6.58 Å². The van der Waals surface area contributed by atoms with Gasteiger partial charge in [0.2, 0.25) is 0 Å². The molecular weight excluding hydrogens is 562 g/mol. The SMILES string of the molecule is C=CCc1cc(C2C3=C(CCCC3=O)N(CCC(=O)O)C3=C2C(=O)CCC3)cc(OCC)c1OCc1ccc(C(=O)O)cc1. The first-order valence-corrected chi connectivity index (χ1v) is 15.1. The van der Waals surface area contributed by atoms with Crippen molar-refractivity contribution in [1.29, 1.82) is 0 Å². The van der Waals surface area contributed by atoms with Crippen LogP contribution < -0.4 is 9.47 Å². The Morgan fingerprint density at radius 2 is 1.59 bits per heavy atom. The maximum absolute atomic E-state index is 13.6. The fraction of sp³-hybridized carbons (Fsp3) is 0.371. The van der Waals surface area contributed by atoms with Crippen LogP contribution in [0.15, 0.2) is 71.6 Å². The van der Waals surface area contributed by atoms with E-state index in [9.17, 15) is 29.4 Å². The number of hydrogen-bond acceptors (Lipinski definition) is 7. The minimum Gasteiger partial charge on any atom is -0.490 e. The van der Waals surface area contributed by atoms with Crippen molar-refractivity contribution in [3.05, 3.63) is 93.8 Å². The molecule has 0 bridgehead atoms. The largest absolute Gasteiger partial charge is 0.490 e. The summed E-state index contributed by atoms with van der Waals surface area (Å²) in [5, 5.41) is 18.7. The first kappa shape index (κ1) is 30.8. The number of rotatable bonds is 12. The molecule has 0 amide bonds. The molecule has 1 heterocycles. The molecule has 0 aromatic heterocycles. The second-order valence-electron chi connectivity index (χ2n) is 11.2. The van der Waals surface area contributed by atoms with Crippen molar-refractivity contribution < 1.29 is 38.9 Å². The van der Waals surface area contributed by atoms with E-state index in [0.29, 0.717) is 74.2 Å². The average Bonchev–Trinajstić information content (AvgIpc) is 2.99. The molecule has 2 aromatic rings. The molecular formula is C35H37NO8. The third kappa shape index (κ3) is 6.18.